The Morgan fingerprint density at radius 3 is 2.62 bits per heavy atom. The summed E-state index contributed by atoms with van der Waals surface area (Å²) in [5, 5.41) is 10.1. The Kier molecular flexibility index (Phi) is 3.03. The van der Waals surface area contributed by atoms with Gasteiger partial charge in [-0.05, 0) is 32.4 Å². The van der Waals surface area contributed by atoms with E-state index in [0.717, 1.165) is 15.6 Å². The van der Waals surface area contributed by atoms with E-state index in [4.69, 9.17) is 5.73 Å². The highest BCUT2D eigenvalue weighted by molar-refractivity contribution is 7.14. The van der Waals surface area contributed by atoms with Crippen molar-refractivity contribution in [2.45, 2.75) is 26.8 Å². The molecular weight excluding hydrogens is 218 g/mol. The van der Waals surface area contributed by atoms with Gasteiger partial charge in [0.1, 0.15) is 10.0 Å². The minimum absolute atomic E-state index is 0.0450. The minimum Gasteiger partial charge on any atom is -0.322 e. The number of hydrogen-bond donors (Lipinski definition) is 1. The summed E-state index contributed by atoms with van der Waals surface area (Å²) in [5.41, 5.74) is 9.39. The summed E-state index contributed by atoms with van der Waals surface area (Å²) >= 11 is 1.57. The Balaban J connectivity index is 2.46. The summed E-state index contributed by atoms with van der Waals surface area (Å²) in [7, 11) is 0. The molecule has 1 atom stereocenters. The highest BCUT2D eigenvalue weighted by Gasteiger charge is 2.11. The van der Waals surface area contributed by atoms with Crippen molar-refractivity contribution >= 4 is 11.3 Å². The van der Waals surface area contributed by atoms with Gasteiger partial charge in [0.25, 0.3) is 0 Å². The molecule has 3 nitrogen and oxygen atoms in total. The van der Waals surface area contributed by atoms with Gasteiger partial charge in [-0.25, -0.2) is 0 Å². The van der Waals surface area contributed by atoms with E-state index in [-0.39, 0.29) is 6.04 Å². The van der Waals surface area contributed by atoms with Crippen molar-refractivity contribution in [3.05, 3.63) is 34.3 Å². The van der Waals surface area contributed by atoms with Crippen LogP contribution in [0.5, 0.6) is 0 Å². The predicted molar refractivity (Wildman–Crippen MR) is 67.4 cm³/mol. The number of benzene rings is 1. The van der Waals surface area contributed by atoms with Gasteiger partial charge < -0.3 is 5.73 Å². The summed E-state index contributed by atoms with van der Waals surface area (Å²) in [4.78, 5) is 0. The average molecular weight is 233 g/mol. The van der Waals surface area contributed by atoms with Crippen LogP contribution in [0.3, 0.4) is 0 Å². The second-order valence-electron chi connectivity index (χ2n) is 4.05. The molecule has 84 valence electrons. The minimum atomic E-state index is -0.0450. The quantitative estimate of drug-likeness (QED) is 0.867. The topological polar surface area (TPSA) is 51.8 Å². The van der Waals surface area contributed by atoms with Gasteiger partial charge in [-0.3, -0.25) is 0 Å². The van der Waals surface area contributed by atoms with Gasteiger partial charge in [0.2, 0.25) is 0 Å². The molecule has 0 saturated heterocycles. The largest absolute Gasteiger partial charge is 0.322 e. The van der Waals surface area contributed by atoms with E-state index >= 15 is 0 Å². The van der Waals surface area contributed by atoms with E-state index in [9.17, 15) is 0 Å². The zero-order valence-corrected chi connectivity index (χ0v) is 10.5. The van der Waals surface area contributed by atoms with Crippen LogP contribution in [0.1, 0.15) is 29.1 Å². The lowest BCUT2D eigenvalue weighted by molar-refractivity contribution is 0.786. The third-order valence-corrected chi connectivity index (χ3v) is 3.61. The van der Waals surface area contributed by atoms with Crippen LogP contribution in [0.4, 0.5) is 0 Å². The maximum atomic E-state index is 5.78. The van der Waals surface area contributed by atoms with E-state index in [1.54, 1.807) is 11.3 Å². The first-order valence-electron chi connectivity index (χ1n) is 5.24. The molecule has 1 aromatic heterocycles. The Hall–Kier alpha value is -1.26. The molecule has 0 amide bonds. The third kappa shape index (κ3) is 2.13. The van der Waals surface area contributed by atoms with Crippen LogP contribution in [0.25, 0.3) is 10.6 Å². The molecule has 0 saturated carbocycles. The van der Waals surface area contributed by atoms with Crippen LogP contribution in [-0.4, -0.2) is 10.2 Å². The lowest BCUT2D eigenvalue weighted by Gasteiger charge is -2.02. The second kappa shape index (κ2) is 4.31. The first-order chi connectivity index (χ1) is 7.58. The molecule has 0 fully saturated rings. The van der Waals surface area contributed by atoms with Crippen LogP contribution < -0.4 is 5.73 Å². The van der Waals surface area contributed by atoms with E-state index < -0.39 is 0 Å². The number of hydrogen-bond acceptors (Lipinski definition) is 4. The number of aryl methyl sites for hydroxylation is 2. The molecule has 1 heterocycles. The van der Waals surface area contributed by atoms with Gasteiger partial charge in [0.05, 0.1) is 6.04 Å². The molecular formula is C12H15N3S. The fourth-order valence-corrected chi connectivity index (χ4v) is 2.37. The molecule has 2 aromatic rings. The maximum Gasteiger partial charge on any atom is 0.148 e. The number of nitrogens with zero attached hydrogens (tertiary/aromatic N) is 2. The standard InChI is InChI=1S/C12H15N3S/c1-7-4-5-8(2)10(6-7)12-15-14-11(16-12)9(3)13/h4-6,9H,13H2,1-3H3. The highest BCUT2D eigenvalue weighted by atomic mass is 32.1. The van der Waals surface area contributed by atoms with Gasteiger partial charge in [-0.2, -0.15) is 0 Å². The molecule has 0 aliphatic heterocycles. The smallest absolute Gasteiger partial charge is 0.148 e. The molecule has 2 N–H and O–H groups in total. The van der Waals surface area contributed by atoms with E-state index in [1.807, 2.05) is 6.92 Å². The zero-order valence-electron chi connectivity index (χ0n) is 9.69. The molecule has 1 aromatic carbocycles. The van der Waals surface area contributed by atoms with Gasteiger partial charge in [0.15, 0.2) is 0 Å². The van der Waals surface area contributed by atoms with Crippen molar-refractivity contribution in [2.24, 2.45) is 5.73 Å². The Labute approximate surface area is 99.3 Å². The molecule has 0 spiro atoms. The van der Waals surface area contributed by atoms with Crippen molar-refractivity contribution in [1.29, 1.82) is 0 Å². The van der Waals surface area contributed by atoms with Gasteiger partial charge in [-0.15, -0.1) is 10.2 Å². The van der Waals surface area contributed by atoms with E-state index in [2.05, 4.69) is 42.2 Å². The Morgan fingerprint density at radius 1 is 1.25 bits per heavy atom. The zero-order chi connectivity index (χ0) is 11.7. The molecule has 0 aliphatic carbocycles. The molecule has 0 aliphatic rings. The number of aromatic nitrogens is 2. The first kappa shape index (κ1) is 11.2. The van der Waals surface area contributed by atoms with Crippen LogP contribution in [-0.2, 0) is 0 Å². The molecule has 0 bridgehead atoms. The Morgan fingerprint density at radius 2 is 2.00 bits per heavy atom. The highest BCUT2D eigenvalue weighted by Crippen LogP contribution is 2.29. The van der Waals surface area contributed by atoms with Crippen molar-refractivity contribution in [3.8, 4) is 10.6 Å². The van der Waals surface area contributed by atoms with Crippen LogP contribution in [0, 0.1) is 13.8 Å². The summed E-state index contributed by atoms with van der Waals surface area (Å²) in [6, 6.07) is 6.31. The predicted octanol–water partition coefficient (Wildman–Crippen LogP) is 2.84. The average Bonchev–Trinajstić information content (AvgIpc) is 2.70. The van der Waals surface area contributed by atoms with Gasteiger partial charge in [0, 0.05) is 5.56 Å². The fraction of sp³-hybridized carbons (Fsp3) is 0.333. The van der Waals surface area contributed by atoms with Crippen molar-refractivity contribution in [3.63, 3.8) is 0 Å². The van der Waals surface area contributed by atoms with E-state index in [1.165, 1.54) is 11.1 Å². The summed E-state index contributed by atoms with van der Waals surface area (Å²) in [6.45, 7) is 6.09. The lowest BCUT2D eigenvalue weighted by atomic mass is 10.1. The molecule has 2 rings (SSSR count). The summed E-state index contributed by atoms with van der Waals surface area (Å²) in [6.07, 6.45) is 0. The first-order valence-corrected chi connectivity index (χ1v) is 6.06. The third-order valence-electron chi connectivity index (χ3n) is 2.45. The maximum absolute atomic E-state index is 5.78. The van der Waals surface area contributed by atoms with Crippen LogP contribution in [0.15, 0.2) is 18.2 Å². The van der Waals surface area contributed by atoms with Crippen molar-refractivity contribution < 1.29 is 0 Å². The second-order valence-corrected chi connectivity index (χ2v) is 5.06. The number of rotatable bonds is 2. The Bertz CT molecular complexity index is 503. The lowest BCUT2D eigenvalue weighted by Crippen LogP contribution is -2.03. The SMILES string of the molecule is Cc1ccc(C)c(-c2nnc(C(C)N)s2)c1. The summed E-state index contributed by atoms with van der Waals surface area (Å²) < 4.78 is 0. The number of nitrogens with two attached hydrogens (primary N) is 1. The monoisotopic (exact) mass is 233 g/mol. The van der Waals surface area contributed by atoms with Gasteiger partial charge >= 0.3 is 0 Å². The van der Waals surface area contributed by atoms with Crippen molar-refractivity contribution in [1.82, 2.24) is 10.2 Å². The normalized spacial score (nSPS) is 12.8. The molecule has 0 radical (unpaired) electrons. The van der Waals surface area contributed by atoms with E-state index in [0.29, 0.717) is 0 Å². The van der Waals surface area contributed by atoms with Crippen molar-refractivity contribution in [2.75, 3.05) is 0 Å². The summed E-state index contributed by atoms with van der Waals surface area (Å²) in [5.74, 6) is 0. The van der Waals surface area contributed by atoms with Crippen LogP contribution in [0.2, 0.25) is 0 Å². The molecule has 1 unspecified atom stereocenters. The van der Waals surface area contributed by atoms with Gasteiger partial charge in [-0.1, -0.05) is 29.0 Å². The molecule has 16 heavy (non-hydrogen) atoms. The van der Waals surface area contributed by atoms with Crippen LogP contribution >= 0.6 is 11.3 Å². The molecule has 4 heteroatoms. The fourth-order valence-electron chi connectivity index (χ4n) is 1.49.